The van der Waals surface area contributed by atoms with Gasteiger partial charge in [0.2, 0.25) is 0 Å². The van der Waals surface area contributed by atoms with Crippen molar-refractivity contribution in [2.24, 2.45) is 5.41 Å². The summed E-state index contributed by atoms with van der Waals surface area (Å²) < 4.78 is 9.50. The standard InChI is InChI=1S/C14H20O4/c1-10(2)9-11-5-7-14(8-6-11,12(15)17-3)13(16)18-4/h5,9H,6-8H2,1-4H3. The topological polar surface area (TPSA) is 52.6 Å². The molecule has 0 fully saturated rings. The number of carbonyl (C=O) groups excluding carboxylic acids is 2. The van der Waals surface area contributed by atoms with E-state index in [0.717, 1.165) is 5.57 Å². The molecule has 0 atom stereocenters. The molecule has 0 unspecified atom stereocenters. The molecule has 18 heavy (non-hydrogen) atoms. The molecule has 100 valence electrons. The number of esters is 2. The Morgan fingerprint density at radius 1 is 1.22 bits per heavy atom. The third-order valence-electron chi connectivity index (χ3n) is 3.18. The lowest BCUT2D eigenvalue weighted by Gasteiger charge is -2.30. The zero-order valence-electron chi connectivity index (χ0n) is 11.4. The molecule has 0 aromatic rings. The molecule has 0 radical (unpaired) electrons. The predicted molar refractivity (Wildman–Crippen MR) is 67.8 cm³/mol. The van der Waals surface area contributed by atoms with Crippen molar-refractivity contribution in [1.82, 2.24) is 0 Å². The van der Waals surface area contributed by atoms with Crippen molar-refractivity contribution >= 4 is 11.9 Å². The quantitative estimate of drug-likeness (QED) is 0.571. The maximum atomic E-state index is 11.9. The van der Waals surface area contributed by atoms with Crippen LogP contribution in [0.3, 0.4) is 0 Å². The Bertz CT molecular complexity index is 384. The summed E-state index contributed by atoms with van der Waals surface area (Å²) >= 11 is 0. The van der Waals surface area contributed by atoms with Gasteiger partial charge in [0.25, 0.3) is 0 Å². The van der Waals surface area contributed by atoms with Crippen molar-refractivity contribution in [2.75, 3.05) is 14.2 Å². The summed E-state index contributed by atoms with van der Waals surface area (Å²) in [6.07, 6.45) is 5.44. The van der Waals surface area contributed by atoms with E-state index in [4.69, 9.17) is 9.47 Å². The highest BCUT2D eigenvalue weighted by Crippen LogP contribution is 2.38. The summed E-state index contributed by atoms with van der Waals surface area (Å²) in [4.78, 5) is 23.7. The van der Waals surface area contributed by atoms with Crippen molar-refractivity contribution in [3.63, 3.8) is 0 Å². The van der Waals surface area contributed by atoms with E-state index in [2.05, 4.69) is 6.08 Å². The molecule has 0 N–H and O–H groups in total. The number of carbonyl (C=O) groups is 2. The van der Waals surface area contributed by atoms with Crippen LogP contribution in [-0.2, 0) is 19.1 Å². The Kier molecular flexibility index (Phi) is 4.70. The maximum Gasteiger partial charge on any atom is 0.323 e. The number of allylic oxidation sites excluding steroid dienone is 4. The first-order valence-electron chi connectivity index (χ1n) is 5.97. The Balaban J connectivity index is 2.99. The average Bonchev–Trinajstić information content (AvgIpc) is 2.37. The second-order valence-corrected chi connectivity index (χ2v) is 4.77. The summed E-state index contributed by atoms with van der Waals surface area (Å²) in [6, 6.07) is 0. The van der Waals surface area contributed by atoms with Gasteiger partial charge in [-0.1, -0.05) is 23.3 Å². The van der Waals surface area contributed by atoms with E-state index in [-0.39, 0.29) is 0 Å². The lowest BCUT2D eigenvalue weighted by molar-refractivity contribution is -0.169. The van der Waals surface area contributed by atoms with E-state index < -0.39 is 17.4 Å². The summed E-state index contributed by atoms with van der Waals surface area (Å²) in [5, 5.41) is 0. The minimum Gasteiger partial charge on any atom is -0.468 e. The molecular formula is C14H20O4. The van der Waals surface area contributed by atoms with Crippen LogP contribution in [0, 0.1) is 5.41 Å². The second kappa shape index (κ2) is 5.85. The Morgan fingerprint density at radius 3 is 2.11 bits per heavy atom. The van der Waals surface area contributed by atoms with Gasteiger partial charge in [0, 0.05) is 0 Å². The van der Waals surface area contributed by atoms with Crippen molar-refractivity contribution in [2.45, 2.75) is 33.1 Å². The number of methoxy groups -OCH3 is 2. The third-order valence-corrected chi connectivity index (χ3v) is 3.18. The first kappa shape index (κ1) is 14.5. The molecule has 4 nitrogen and oxygen atoms in total. The zero-order chi connectivity index (χ0) is 13.8. The van der Waals surface area contributed by atoms with Crippen molar-refractivity contribution < 1.29 is 19.1 Å². The van der Waals surface area contributed by atoms with E-state index in [9.17, 15) is 9.59 Å². The molecular weight excluding hydrogens is 232 g/mol. The van der Waals surface area contributed by atoms with Crippen LogP contribution in [0.4, 0.5) is 0 Å². The number of ether oxygens (including phenoxy) is 2. The SMILES string of the molecule is COC(=O)C1(C(=O)OC)CC=C(C=C(C)C)CC1. The molecule has 0 aromatic heterocycles. The lowest BCUT2D eigenvalue weighted by atomic mass is 9.74. The molecule has 1 aliphatic rings. The van der Waals surface area contributed by atoms with E-state index in [1.165, 1.54) is 19.8 Å². The van der Waals surface area contributed by atoms with E-state index >= 15 is 0 Å². The van der Waals surface area contributed by atoms with Crippen LogP contribution in [0.2, 0.25) is 0 Å². The Morgan fingerprint density at radius 2 is 1.78 bits per heavy atom. The van der Waals surface area contributed by atoms with E-state index in [0.29, 0.717) is 19.3 Å². The first-order chi connectivity index (χ1) is 8.46. The zero-order valence-corrected chi connectivity index (χ0v) is 11.4. The van der Waals surface area contributed by atoms with Crippen molar-refractivity contribution in [3.8, 4) is 0 Å². The first-order valence-corrected chi connectivity index (χ1v) is 5.97. The van der Waals surface area contributed by atoms with Crippen LogP contribution in [-0.4, -0.2) is 26.2 Å². The molecule has 4 heteroatoms. The number of hydrogen-bond donors (Lipinski definition) is 0. The smallest absolute Gasteiger partial charge is 0.323 e. The normalized spacial score (nSPS) is 17.4. The van der Waals surface area contributed by atoms with Gasteiger partial charge < -0.3 is 9.47 Å². The average molecular weight is 252 g/mol. The summed E-state index contributed by atoms with van der Waals surface area (Å²) in [6.45, 7) is 4.03. The van der Waals surface area contributed by atoms with Crippen molar-refractivity contribution in [3.05, 3.63) is 23.3 Å². The van der Waals surface area contributed by atoms with Gasteiger partial charge in [0.15, 0.2) is 5.41 Å². The minimum atomic E-state index is -1.16. The highest BCUT2D eigenvalue weighted by atomic mass is 16.5. The van der Waals surface area contributed by atoms with Crippen LogP contribution in [0.5, 0.6) is 0 Å². The molecule has 1 rings (SSSR count). The Hall–Kier alpha value is -1.58. The van der Waals surface area contributed by atoms with Gasteiger partial charge in [-0.3, -0.25) is 9.59 Å². The molecule has 0 heterocycles. The molecule has 0 saturated heterocycles. The van der Waals surface area contributed by atoms with Gasteiger partial charge >= 0.3 is 11.9 Å². The fraction of sp³-hybridized carbons (Fsp3) is 0.571. The van der Waals surface area contributed by atoms with Crippen LogP contribution in [0.15, 0.2) is 23.3 Å². The van der Waals surface area contributed by atoms with Gasteiger partial charge in [0.05, 0.1) is 14.2 Å². The molecule has 1 aliphatic carbocycles. The highest BCUT2D eigenvalue weighted by Gasteiger charge is 2.48. The maximum absolute atomic E-state index is 11.9. The fourth-order valence-electron chi connectivity index (χ4n) is 2.21. The van der Waals surface area contributed by atoms with Crippen LogP contribution in [0.1, 0.15) is 33.1 Å². The van der Waals surface area contributed by atoms with E-state index in [1.807, 2.05) is 19.9 Å². The van der Waals surface area contributed by atoms with Gasteiger partial charge in [-0.15, -0.1) is 0 Å². The summed E-state index contributed by atoms with van der Waals surface area (Å²) in [5.41, 5.74) is 1.19. The Labute approximate surface area is 108 Å². The lowest BCUT2D eigenvalue weighted by Crippen LogP contribution is -2.42. The van der Waals surface area contributed by atoms with Gasteiger partial charge in [-0.05, 0) is 33.1 Å². The molecule has 0 amide bonds. The van der Waals surface area contributed by atoms with Crippen LogP contribution < -0.4 is 0 Å². The summed E-state index contributed by atoms with van der Waals surface area (Å²) in [5.74, 6) is -1.02. The molecule has 0 aliphatic heterocycles. The fourth-order valence-corrected chi connectivity index (χ4v) is 2.21. The van der Waals surface area contributed by atoms with Crippen molar-refractivity contribution in [1.29, 1.82) is 0 Å². The predicted octanol–water partition coefficient (Wildman–Crippen LogP) is 2.40. The number of rotatable bonds is 3. The molecule has 0 bridgehead atoms. The third kappa shape index (κ3) is 2.81. The molecule has 0 spiro atoms. The van der Waals surface area contributed by atoms with Crippen LogP contribution >= 0.6 is 0 Å². The molecule has 0 aromatic carbocycles. The summed E-state index contributed by atoms with van der Waals surface area (Å²) in [7, 11) is 2.59. The molecule has 0 saturated carbocycles. The minimum absolute atomic E-state index is 0.339. The van der Waals surface area contributed by atoms with Gasteiger partial charge in [-0.25, -0.2) is 0 Å². The second-order valence-electron chi connectivity index (χ2n) is 4.77. The van der Waals surface area contributed by atoms with Gasteiger partial charge in [0.1, 0.15) is 0 Å². The van der Waals surface area contributed by atoms with Crippen LogP contribution in [0.25, 0.3) is 0 Å². The van der Waals surface area contributed by atoms with E-state index in [1.54, 1.807) is 0 Å². The van der Waals surface area contributed by atoms with Gasteiger partial charge in [-0.2, -0.15) is 0 Å². The number of hydrogen-bond acceptors (Lipinski definition) is 4. The highest BCUT2D eigenvalue weighted by molar-refractivity contribution is 6.00. The largest absolute Gasteiger partial charge is 0.468 e. The monoisotopic (exact) mass is 252 g/mol.